The van der Waals surface area contributed by atoms with Crippen molar-refractivity contribution in [2.75, 3.05) is 0 Å². The quantitative estimate of drug-likeness (QED) is 0.634. The van der Waals surface area contributed by atoms with Gasteiger partial charge in [0.15, 0.2) is 5.82 Å². The van der Waals surface area contributed by atoms with Crippen molar-refractivity contribution in [2.45, 2.75) is 51.9 Å². The maximum absolute atomic E-state index is 4.70. The van der Waals surface area contributed by atoms with Gasteiger partial charge in [0.05, 0.1) is 0 Å². The van der Waals surface area contributed by atoms with Gasteiger partial charge in [-0.05, 0) is 6.42 Å². The molecule has 0 aliphatic rings. The van der Waals surface area contributed by atoms with Crippen LogP contribution in [0.15, 0.2) is 10.9 Å². The van der Waals surface area contributed by atoms with Crippen molar-refractivity contribution in [3.05, 3.63) is 12.2 Å². The predicted molar refractivity (Wildman–Crippen MR) is 51.5 cm³/mol. The lowest BCUT2D eigenvalue weighted by Crippen LogP contribution is -1.95. The molecule has 1 unspecified atom stereocenters. The van der Waals surface area contributed by atoms with Gasteiger partial charge in [0.1, 0.15) is 0 Å². The Bertz CT molecular complexity index is 209. The van der Waals surface area contributed by atoms with Crippen molar-refractivity contribution in [1.29, 1.82) is 0 Å². The minimum Gasteiger partial charge on any atom is -0.343 e. The molecule has 13 heavy (non-hydrogen) atoms. The average Bonchev–Trinajstić information content (AvgIpc) is 2.65. The zero-order valence-corrected chi connectivity index (χ0v) is 8.49. The van der Waals surface area contributed by atoms with Gasteiger partial charge in [-0.2, -0.15) is 4.98 Å². The molecular formula is C10H18N2O. The highest BCUT2D eigenvalue weighted by atomic mass is 16.5. The highest BCUT2D eigenvalue weighted by molar-refractivity contribution is 4.88. The Kier molecular flexibility index (Phi) is 4.50. The fourth-order valence-electron chi connectivity index (χ4n) is 1.40. The Hall–Kier alpha value is -0.860. The molecule has 0 N–H and O–H groups in total. The third-order valence-corrected chi connectivity index (χ3v) is 2.31. The molecule has 3 nitrogen and oxygen atoms in total. The molecule has 1 atom stereocenters. The number of hydrogen-bond donors (Lipinski definition) is 0. The smallest absolute Gasteiger partial charge is 0.213 e. The second kappa shape index (κ2) is 5.73. The first kappa shape index (κ1) is 10.2. The molecule has 74 valence electrons. The first-order valence-electron chi connectivity index (χ1n) is 5.11. The van der Waals surface area contributed by atoms with Gasteiger partial charge in [0.2, 0.25) is 6.39 Å². The van der Waals surface area contributed by atoms with Crippen LogP contribution in [0.1, 0.15) is 57.7 Å². The molecule has 1 heterocycles. The summed E-state index contributed by atoms with van der Waals surface area (Å²) in [6.45, 7) is 4.37. The normalized spacial score (nSPS) is 13.1. The van der Waals surface area contributed by atoms with Crippen molar-refractivity contribution in [2.24, 2.45) is 0 Å². The van der Waals surface area contributed by atoms with Gasteiger partial charge in [-0.1, -0.05) is 44.7 Å². The van der Waals surface area contributed by atoms with Crippen LogP contribution in [0.2, 0.25) is 0 Å². The number of hydrogen-bond acceptors (Lipinski definition) is 3. The average molecular weight is 182 g/mol. The lowest BCUT2D eigenvalue weighted by atomic mass is 10.0. The van der Waals surface area contributed by atoms with E-state index in [9.17, 15) is 0 Å². The maximum Gasteiger partial charge on any atom is 0.213 e. The van der Waals surface area contributed by atoms with Crippen molar-refractivity contribution in [3.63, 3.8) is 0 Å². The Labute approximate surface area is 79.5 Å². The Morgan fingerprint density at radius 3 is 2.85 bits per heavy atom. The number of rotatable bonds is 6. The van der Waals surface area contributed by atoms with Crippen molar-refractivity contribution >= 4 is 0 Å². The van der Waals surface area contributed by atoms with Crippen molar-refractivity contribution < 1.29 is 4.52 Å². The van der Waals surface area contributed by atoms with E-state index in [1.165, 1.54) is 38.5 Å². The highest BCUT2D eigenvalue weighted by Gasteiger charge is 2.09. The molecule has 0 radical (unpaired) electrons. The van der Waals surface area contributed by atoms with Gasteiger partial charge in [-0.15, -0.1) is 0 Å². The number of unbranched alkanes of at least 4 members (excludes halogenated alkanes) is 3. The van der Waals surface area contributed by atoms with Crippen LogP contribution in [0.3, 0.4) is 0 Å². The standard InChI is InChI=1S/C10H18N2O/c1-3-4-5-6-7-9(2)10-11-8-13-12-10/h8-9H,3-7H2,1-2H3. The summed E-state index contributed by atoms with van der Waals surface area (Å²) in [6.07, 6.45) is 7.77. The molecule has 1 aromatic rings. The van der Waals surface area contributed by atoms with E-state index in [4.69, 9.17) is 4.52 Å². The van der Waals surface area contributed by atoms with E-state index in [-0.39, 0.29) is 0 Å². The predicted octanol–water partition coefficient (Wildman–Crippen LogP) is 3.14. The van der Waals surface area contributed by atoms with Gasteiger partial charge in [-0.3, -0.25) is 0 Å². The third kappa shape index (κ3) is 3.57. The Morgan fingerprint density at radius 2 is 2.23 bits per heavy atom. The molecule has 0 spiro atoms. The molecule has 0 amide bonds. The summed E-state index contributed by atoms with van der Waals surface area (Å²) in [5, 5.41) is 3.83. The first-order valence-corrected chi connectivity index (χ1v) is 5.11. The maximum atomic E-state index is 4.70. The van der Waals surface area contributed by atoms with Crippen molar-refractivity contribution in [3.8, 4) is 0 Å². The van der Waals surface area contributed by atoms with Crippen LogP contribution in [0.5, 0.6) is 0 Å². The van der Waals surface area contributed by atoms with Crippen LogP contribution in [0.25, 0.3) is 0 Å². The molecular weight excluding hydrogens is 164 g/mol. The summed E-state index contributed by atoms with van der Waals surface area (Å²) >= 11 is 0. The van der Waals surface area contributed by atoms with Crippen LogP contribution in [0.4, 0.5) is 0 Å². The van der Waals surface area contributed by atoms with Gasteiger partial charge in [0, 0.05) is 5.92 Å². The molecule has 0 aliphatic carbocycles. The molecule has 0 saturated heterocycles. The molecule has 0 bridgehead atoms. The third-order valence-electron chi connectivity index (χ3n) is 2.31. The fourth-order valence-corrected chi connectivity index (χ4v) is 1.40. The summed E-state index contributed by atoms with van der Waals surface area (Å²) in [5.74, 6) is 1.28. The van der Waals surface area contributed by atoms with Crippen LogP contribution in [0, 0.1) is 0 Å². The zero-order chi connectivity index (χ0) is 9.52. The number of nitrogens with zero attached hydrogens (tertiary/aromatic N) is 2. The van der Waals surface area contributed by atoms with E-state index >= 15 is 0 Å². The molecule has 1 rings (SSSR count). The van der Waals surface area contributed by atoms with E-state index < -0.39 is 0 Å². The Balaban J connectivity index is 2.15. The van der Waals surface area contributed by atoms with Gasteiger partial charge in [-0.25, -0.2) is 0 Å². The Morgan fingerprint density at radius 1 is 1.38 bits per heavy atom. The molecule has 1 aromatic heterocycles. The van der Waals surface area contributed by atoms with E-state index in [0.29, 0.717) is 5.92 Å². The molecule has 0 aromatic carbocycles. The van der Waals surface area contributed by atoms with E-state index in [2.05, 4.69) is 24.0 Å². The summed E-state index contributed by atoms with van der Waals surface area (Å²) in [4.78, 5) is 4.04. The molecule has 0 fully saturated rings. The second-order valence-electron chi connectivity index (χ2n) is 3.54. The van der Waals surface area contributed by atoms with E-state index in [1.54, 1.807) is 0 Å². The van der Waals surface area contributed by atoms with Crippen LogP contribution >= 0.6 is 0 Å². The number of aromatic nitrogens is 2. The van der Waals surface area contributed by atoms with Crippen LogP contribution in [-0.2, 0) is 0 Å². The molecule has 3 heteroatoms. The SMILES string of the molecule is CCCCCCC(C)c1ncon1. The van der Waals surface area contributed by atoms with Crippen LogP contribution in [-0.4, -0.2) is 10.1 Å². The van der Waals surface area contributed by atoms with E-state index in [0.717, 1.165) is 5.82 Å². The zero-order valence-electron chi connectivity index (χ0n) is 8.49. The largest absolute Gasteiger partial charge is 0.343 e. The minimum absolute atomic E-state index is 0.440. The van der Waals surface area contributed by atoms with Gasteiger partial charge < -0.3 is 4.52 Å². The first-order chi connectivity index (χ1) is 6.34. The second-order valence-corrected chi connectivity index (χ2v) is 3.54. The molecule has 0 aliphatic heterocycles. The highest BCUT2D eigenvalue weighted by Crippen LogP contribution is 2.18. The van der Waals surface area contributed by atoms with Crippen LogP contribution < -0.4 is 0 Å². The van der Waals surface area contributed by atoms with Crippen molar-refractivity contribution in [1.82, 2.24) is 10.1 Å². The van der Waals surface area contributed by atoms with Gasteiger partial charge in [0.25, 0.3) is 0 Å². The topological polar surface area (TPSA) is 38.9 Å². The monoisotopic (exact) mass is 182 g/mol. The van der Waals surface area contributed by atoms with E-state index in [1.807, 2.05) is 0 Å². The fraction of sp³-hybridized carbons (Fsp3) is 0.800. The minimum atomic E-state index is 0.440. The summed E-state index contributed by atoms with van der Waals surface area (Å²) in [6, 6.07) is 0. The lowest BCUT2D eigenvalue weighted by Gasteiger charge is -2.05. The summed E-state index contributed by atoms with van der Waals surface area (Å²) in [7, 11) is 0. The summed E-state index contributed by atoms with van der Waals surface area (Å²) < 4.78 is 4.70. The summed E-state index contributed by atoms with van der Waals surface area (Å²) in [5.41, 5.74) is 0. The lowest BCUT2D eigenvalue weighted by molar-refractivity contribution is 0.402. The van der Waals surface area contributed by atoms with Gasteiger partial charge >= 0.3 is 0 Å². The molecule has 0 saturated carbocycles.